The summed E-state index contributed by atoms with van der Waals surface area (Å²) < 4.78 is 0.945. The zero-order chi connectivity index (χ0) is 15.9. The van der Waals surface area contributed by atoms with Crippen LogP contribution >= 0.6 is 22.9 Å². The maximum Gasteiger partial charge on any atom is 0.240 e. The average molecular weight is 345 g/mol. The molecular weight excluding hydrogens is 332 g/mol. The number of allylic oxidation sites excluding steroid dienone is 2. The van der Waals surface area contributed by atoms with E-state index in [0.717, 1.165) is 22.2 Å². The molecular formula is C17H13ClN2O2S. The number of hydrogen-bond acceptors (Lipinski definition) is 4. The number of anilines is 1. The van der Waals surface area contributed by atoms with Gasteiger partial charge in [-0.3, -0.25) is 9.59 Å². The molecule has 2 aromatic rings. The second-order valence-electron chi connectivity index (χ2n) is 6.58. The molecule has 1 aromatic carbocycles. The van der Waals surface area contributed by atoms with Crippen molar-refractivity contribution >= 4 is 50.1 Å². The van der Waals surface area contributed by atoms with Crippen LogP contribution in [0, 0.1) is 30.6 Å². The number of rotatable bonds is 1. The number of nitrogens with zero attached hydrogens (tertiary/aromatic N) is 2. The molecule has 23 heavy (non-hydrogen) atoms. The maximum absolute atomic E-state index is 12.8. The first-order valence-corrected chi connectivity index (χ1v) is 8.87. The highest BCUT2D eigenvalue weighted by molar-refractivity contribution is 7.22. The van der Waals surface area contributed by atoms with E-state index in [1.165, 1.54) is 16.2 Å². The third-order valence-corrected chi connectivity index (χ3v) is 6.73. The van der Waals surface area contributed by atoms with Crippen molar-refractivity contribution in [1.29, 1.82) is 0 Å². The highest BCUT2D eigenvalue weighted by Gasteiger charge is 2.60. The Balaban J connectivity index is 1.60. The number of aromatic nitrogens is 1. The van der Waals surface area contributed by atoms with Crippen molar-refractivity contribution < 1.29 is 9.59 Å². The first kappa shape index (κ1) is 13.7. The van der Waals surface area contributed by atoms with E-state index < -0.39 is 0 Å². The summed E-state index contributed by atoms with van der Waals surface area (Å²) in [5.74, 6) is -0.0999. The van der Waals surface area contributed by atoms with Gasteiger partial charge in [0, 0.05) is 5.02 Å². The number of carbonyl (C=O) groups is 2. The van der Waals surface area contributed by atoms with E-state index in [2.05, 4.69) is 17.1 Å². The van der Waals surface area contributed by atoms with Gasteiger partial charge in [0.15, 0.2) is 5.13 Å². The maximum atomic E-state index is 12.8. The Labute approximate surface area is 141 Å². The van der Waals surface area contributed by atoms with E-state index in [-0.39, 0.29) is 35.5 Å². The SMILES string of the molecule is Cc1cc2sc(N3C(=O)[C@H]4[C@H](C3=O)[C@H]3C=C[C@H]4C3)nc2cc1Cl. The molecule has 2 heterocycles. The second-order valence-corrected chi connectivity index (χ2v) is 7.99. The molecule has 3 aliphatic rings. The van der Waals surface area contributed by atoms with Crippen molar-refractivity contribution in [2.75, 3.05) is 4.90 Å². The van der Waals surface area contributed by atoms with Crippen LogP contribution in [0.15, 0.2) is 24.3 Å². The summed E-state index contributed by atoms with van der Waals surface area (Å²) in [7, 11) is 0. The van der Waals surface area contributed by atoms with E-state index in [1.54, 1.807) is 6.07 Å². The predicted molar refractivity (Wildman–Crippen MR) is 89.6 cm³/mol. The quantitative estimate of drug-likeness (QED) is 0.587. The molecule has 1 saturated carbocycles. The number of hydrogen-bond donors (Lipinski definition) is 0. The van der Waals surface area contributed by atoms with Gasteiger partial charge in [-0.15, -0.1) is 0 Å². The Kier molecular flexibility index (Phi) is 2.63. The molecule has 2 aliphatic carbocycles. The van der Waals surface area contributed by atoms with E-state index in [4.69, 9.17) is 11.6 Å². The standard InChI is InChI=1S/C17H13ClN2O2S/c1-7-4-12-11(6-10(7)18)19-17(23-12)20-15(21)13-8-2-3-9(5-8)14(13)16(20)22/h2-4,6,8-9,13-14H,5H2,1H3/t8-,9-,13+,14+/m0/s1. The first-order chi connectivity index (χ1) is 11.0. The molecule has 0 N–H and O–H groups in total. The van der Waals surface area contributed by atoms with Crippen LogP contribution in [0.25, 0.3) is 10.2 Å². The average Bonchev–Trinajstić information content (AvgIpc) is 3.24. The van der Waals surface area contributed by atoms with Crippen LogP contribution in [0.5, 0.6) is 0 Å². The highest BCUT2D eigenvalue weighted by atomic mass is 35.5. The number of carbonyl (C=O) groups excluding carboxylic acids is 2. The summed E-state index contributed by atoms with van der Waals surface area (Å²) in [6.07, 6.45) is 5.14. The van der Waals surface area contributed by atoms with Gasteiger partial charge in [0.05, 0.1) is 22.1 Å². The Hall–Kier alpha value is -1.72. The van der Waals surface area contributed by atoms with Crippen molar-refractivity contribution in [2.45, 2.75) is 13.3 Å². The van der Waals surface area contributed by atoms with Crippen LogP contribution in [-0.2, 0) is 9.59 Å². The van der Waals surface area contributed by atoms with Crippen LogP contribution in [0.2, 0.25) is 5.02 Å². The van der Waals surface area contributed by atoms with Gasteiger partial charge >= 0.3 is 0 Å². The lowest BCUT2D eigenvalue weighted by atomic mass is 9.85. The van der Waals surface area contributed by atoms with Crippen LogP contribution in [0.4, 0.5) is 5.13 Å². The van der Waals surface area contributed by atoms with Crippen molar-refractivity contribution in [2.24, 2.45) is 23.7 Å². The molecule has 1 aromatic heterocycles. The molecule has 116 valence electrons. The smallest absolute Gasteiger partial charge is 0.240 e. The number of aryl methyl sites for hydroxylation is 1. The predicted octanol–water partition coefficient (Wildman–Crippen LogP) is 3.57. The monoisotopic (exact) mass is 344 g/mol. The molecule has 2 bridgehead atoms. The summed E-state index contributed by atoms with van der Waals surface area (Å²) in [6.45, 7) is 1.93. The van der Waals surface area contributed by atoms with E-state index in [1.807, 2.05) is 13.0 Å². The van der Waals surface area contributed by atoms with Gasteiger partial charge < -0.3 is 0 Å². The minimum atomic E-state index is -0.185. The number of fused-ring (bicyclic) bond motifs is 6. The van der Waals surface area contributed by atoms with E-state index in [0.29, 0.717) is 10.2 Å². The Morgan fingerprint density at radius 2 is 1.83 bits per heavy atom. The highest BCUT2D eigenvalue weighted by Crippen LogP contribution is 2.53. The van der Waals surface area contributed by atoms with Crippen molar-refractivity contribution in [1.82, 2.24) is 4.98 Å². The molecule has 0 spiro atoms. The summed E-state index contributed by atoms with van der Waals surface area (Å²) >= 11 is 7.53. The minimum absolute atomic E-state index is 0.0845. The number of halogens is 1. The zero-order valence-corrected chi connectivity index (χ0v) is 13.9. The van der Waals surface area contributed by atoms with Gasteiger partial charge in [0.25, 0.3) is 0 Å². The lowest BCUT2D eigenvalue weighted by Gasteiger charge is -2.14. The van der Waals surface area contributed by atoms with Crippen LogP contribution in [0.1, 0.15) is 12.0 Å². The van der Waals surface area contributed by atoms with Gasteiger partial charge in [-0.05, 0) is 42.9 Å². The number of amides is 2. The lowest BCUT2D eigenvalue weighted by Crippen LogP contribution is -2.32. The largest absolute Gasteiger partial charge is 0.274 e. The van der Waals surface area contributed by atoms with Crippen molar-refractivity contribution in [3.63, 3.8) is 0 Å². The molecule has 1 saturated heterocycles. The van der Waals surface area contributed by atoms with E-state index >= 15 is 0 Å². The third kappa shape index (κ3) is 1.69. The molecule has 2 fully saturated rings. The minimum Gasteiger partial charge on any atom is -0.274 e. The number of benzene rings is 1. The second kappa shape index (κ2) is 4.42. The molecule has 4 atom stereocenters. The van der Waals surface area contributed by atoms with Gasteiger partial charge in [0.1, 0.15) is 0 Å². The lowest BCUT2D eigenvalue weighted by molar-refractivity contribution is -0.123. The molecule has 1 aliphatic heterocycles. The van der Waals surface area contributed by atoms with Crippen LogP contribution in [-0.4, -0.2) is 16.8 Å². The molecule has 5 rings (SSSR count). The zero-order valence-electron chi connectivity index (χ0n) is 12.3. The number of imide groups is 1. The first-order valence-electron chi connectivity index (χ1n) is 7.67. The van der Waals surface area contributed by atoms with E-state index in [9.17, 15) is 9.59 Å². The molecule has 2 amide bonds. The molecule has 4 nitrogen and oxygen atoms in total. The van der Waals surface area contributed by atoms with Crippen molar-refractivity contribution in [3.05, 3.63) is 34.9 Å². The normalized spacial score (nSPS) is 31.7. The van der Waals surface area contributed by atoms with Gasteiger partial charge in [-0.2, -0.15) is 0 Å². The fraction of sp³-hybridized carbons (Fsp3) is 0.353. The van der Waals surface area contributed by atoms with Crippen molar-refractivity contribution in [3.8, 4) is 0 Å². The fourth-order valence-electron chi connectivity index (χ4n) is 4.22. The summed E-state index contributed by atoms with van der Waals surface area (Å²) in [5.41, 5.74) is 1.70. The molecule has 6 heteroatoms. The topological polar surface area (TPSA) is 50.3 Å². The Morgan fingerprint density at radius 3 is 2.48 bits per heavy atom. The number of thiazole rings is 1. The summed E-state index contributed by atoms with van der Waals surface area (Å²) in [4.78, 5) is 31.4. The van der Waals surface area contributed by atoms with Crippen LogP contribution in [0.3, 0.4) is 0 Å². The Morgan fingerprint density at radius 1 is 1.17 bits per heavy atom. The van der Waals surface area contributed by atoms with Gasteiger partial charge in [-0.25, -0.2) is 9.88 Å². The fourth-order valence-corrected chi connectivity index (χ4v) is 5.44. The van der Waals surface area contributed by atoms with Gasteiger partial charge in [0.2, 0.25) is 11.8 Å². The van der Waals surface area contributed by atoms with Gasteiger partial charge in [-0.1, -0.05) is 35.1 Å². The Bertz CT molecular complexity index is 850. The van der Waals surface area contributed by atoms with Crippen LogP contribution < -0.4 is 4.90 Å². The molecule has 0 unspecified atom stereocenters. The molecule has 0 radical (unpaired) electrons. The third-order valence-electron chi connectivity index (χ3n) is 5.32. The summed E-state index contributed by atoms with van der Waals surface area (Å²) in [6, 6.07) is 3.75. The summed E-state index contributed by atoms with van der Waals surface area (Å²) in [5, 5.41) is 1.12.